The summed E-state index contributed by atoms with van der Waals surface area (Å²) in [6.45, 7) is 0.938. The molecule has 6 heteroatoms. The van der Waals surface area contributed by atoms with E-state index >= 15 is 0 Å². The van der Waals surface area contributed by atoms with Gasteiger partial charge in [-0.15, -0.1) is 0 Å². The van der Waals surface area contributed by atoms with E-state index in [2.05, 4.69) is 17.0 Å². The Morgan fingerprint density at radius 3 is 2.46 bits per heavy atom. The molecule has 2 aliphatic rings. The maximum absolute atomic E-state index is 9.39. The zero-order valence-corrected chi connectivity index (χ0v) is 15.7. The number of nitrogens with zero attached hydrogens (tertiary/aromatic N) is 3. The SMILES string of the molecule is N=C1C=C2C(=Nc3ccc(N(CCO)CCO)cc3N2c2ccccc2)CC1. The number of para-hydroxylation sites is 1. The van der Waals surface area contributed by atoms with Crippen LogP contribution in [-0.2, 0) is 0 Å². The molecule has 1 heterocycles. The van der Waals surface area contributed by atoms with Gasteiger partial charge in [-0.05, 0) is 49.2 Å². The number of hydrogen-bond donors (Lipinski definition) is 3. The van der Waals surface area contributed by atoms with Crippen LogP contribution in [0.2, 0.25) is 0 Å². The fraction of sp³-hybridized carbons (Fsp3) is 0.273. The van der Waals surface area contributed by atoms with Gasteiger partial charge in [0.2, 0.25) is 0 Å². The lowest BCUT2D eigenvalue weighted by Gasteiger charge is -2.36. The van der Waals surface area contributed by atoms with Crippen LogP contribution in [0.25, 0.3) is 0 Å². The smallest absolute Gasteiger partial charge is 0.0875 e. The molecular weight excluding hydrogens is 352 g/mol. The molecule has 0 saturated heterocycles. The molecule has 28 heavy (non-hydrogen) atoms. The highest BCUT2D eigenvalue weighted by molar-refractivity contribution is 6.17. The highest BCUT2D eigenvalue weighted by atomic mass is 16.3. The second-order valence-corrected chi connectivity index (χ2v) is 6.89. The Bertz CT molecular complexity index is 931. The van der Waals surface area contributed by atoms with Crippen LogP contribution >= 0.6 is 0 Å². The third-order valence-electron chi connectivity index (χ3n) is 5.05. The lowest BCUT2D eigenvalue weighted by Crippen LogP contribution is -2.31. The van der Waals surface area contributed by atoms with E-state index < -0.39 is 0 Å². The van der Waals surface area contributed by atoms with Crippen molar-refractivity contribution >= 4 is 34.2 Å². The number of rotatable bonds is 6. The number of aliphatic imine (C=N–C) groups is 1. The van der Waals surface area contributed by atoms with Gasteiger partial charge in [0.15, 0.2) is 0 Å². The molecule has 2 aromatic carbocycles. The number of allylic oxidation sites excluding steroid dienone is 2. The van der Waals surface area contributed by atoms with Gasteiger partial charge in [0.25, 0.3) is 0 Å². The minimum absolute atomic E-state index is 0.0180. The van der Waals surface area contributed by atoms with E-state index in [9.17, 15) is 10.2 Å². The summed E-state index contributed by atoms with van der Waals surface area (Å²) in [5.74, 6) is 0. The van der Waals surface area contributed by atoms with E-state index in [-0.39, 0.29) is 13.2 Å². The number of anilines is 3. The number of fused-ring (bicyclic) bond motifs is 2. The standard InChI is InChI=1S/C22H24N4O2/c23-16-6-8-19-21(14-16)26(17-4-2-1-3-5-17)22-15-18(7-9-20(22)24-19)25(10-12-27)11-13-28/h1-5,7,9,14-15,23,27-28H,6,8,10-13H2. The summed E-state index contributed by atoms with van der Waals surface area (Å²) in [4.78, 5) is 8.98. The van der Waals surface area contributed by atoms with Gasteiger partial charge in [-0.3, -0.25) is 0 Å². The van der Waals surface area contributed by atoms with Crippen LogP contribution in [0, 0.1) is 5.41 Å². The highest BCUT2D eigenvalue weighted by Gasteiger charge is 2.29. The van der Waals surface area contributed by atoms with Crippen LogP contribution in [0.4, 0.5) is 22.7 Å². The zero-order chi connectivity index (χ0) is 19.5. The number of aliphatic hydroxyl groups is 2. The predicted molar refractivity (Wildman–Crippen MR) is 114 cm³/mol. The first kappa shape index (κ1) is 18.4. The van der Waals surface area contributed by atoms with Gasteiger partial charge in [0, 0.05) is 30.2 Å². The Hall–Kier alpha value is -2.96. The first-order chi connectivity index (χ1) is 13.7. The van der Waals surface area contributed by atoms with Crippen molar-refractivity contribution in [3.8, 4) is 0 Å². The van der Waals surface area contributed by atoms with Gasteiger partial charge in [-0.1, -0.05) is 18.2 Å². The molecule has 0 atom stereocenters. The van der Waals surface area contributed by atoms with E-state index in [1.54, 1.807) is 0 Å². The topological polar surface area (TPSA) is 83.2 Å². The van der Waals surface area contributed by atoms with Crippen molar-refractivity contribution in [1.82, 2.24) is 0 Å². The van der Waals surface area contributed by atoms with Crippen molar-refractivity contribution in [2.45, 2.75) is 12.8 Å². The van der Waals surface area contributed by atoms with Crippen molar-refractivity contribution < 1.29 is 10.2 Å². The molecule has 4 rings (SSSR count). The third-order valence-corrected chi connectivity index (χ3v) is 5.05. The third kappa shape index (κ3) is 3.44. The molecule has 1 aliphatic heterocycles. The van der Waals surface area contributed by atoms with Crippen molar-refractivity contribution in [3.05, 3.63) is 60.3 Å². The largest absolute Gasteiger partial charge is 0.395 e. The van der Waals surface area contributed by atoms with Crippen LogP contribution < -0.4 is 9.80 Å². The molecule has 1 aliphatic carbocycles. The van der Waals surface area contributed by atoms with Crippen molar-refractivity contribution in [2.75, 3.05) is 36.1 Å². The normalized spacial score (nSPS) is 15.5. The number of nitrogens with one attached hydrogen (secondary N) is 1. The van der Waals surface area contributed by atoms with E-state index in [4.69, 9.17) is 10.4 Å². The molecule has 144 valence electrons. The number of hydrogen-bond acceptors (Lipinski definition) is 6. The second kappa shape index (κ2) is 7.96. The summed E-state index contributed by atoms with van der Waals surface area (Å²) >= 11 is 0. The Morgan fingerprint density at radius 2 is 1.75 bits per heavy atom. The predicted octanol–water partition coefficient (Wildman–Crippen LogP) is 3.40. The summed E-state index contributed by atoms with van der Waals surface area (Å²) in [6, 6.07) is 16.1. The molecule has 0 amide bonds. The van der Waals surface area contributed by atoms with Crippen LogP contribution in [0.3, 0.4) is 0 Å². The Kier molecular flexibility index (Phi) is 5.23. The summed E-state index contributed by atoms with van der Waals surface area (Å²) in [5, 5.41) is 26.9. The lowest BCUT2D eigenvalue weighted by molar-refractivity contribution is 0.281. The highest BCUT2D eigenvalue weighted by Crippen LogP contribution is 2.44. The van der Waals surface area contributed by atoms with Crippen LogP contribution in [0.1, 0.15) is 12.8 Å². The van der Waals surface area contributed by atoms with Crippen LogP contribution in [0.5, 0.6) is 0 Å². The summed E-state index contributed by atoms with van der Waals surface area (Å²) < 4.78 is 0. The number of aliphatic hydroxyl groups excluding tert-OH is 2. The molecule has 2 aromatic rings. The van der Waals surface area contributed by atoms with Gasteiger partial charge in [0.1, 0.15) is 0 Å². The van der Waals surface area contributed by atoms with Crippen molar-refractivity contribution in [1.29, 1.82) is 5.41 Å². The second-order valence-electron chi connectivity index (χ2n) is 6.89. The molecule has 0 fully saturated rings. The van der Waals surface area contributed by atoms with Crippen LogP contribution in [-0.4, -0.2) is 47.9 Å². The molecule has 0 aromatic heterocycles. The zero-order valence-electron chi connectivity index (χ0n) is 15.7. The molecule has 0 radical (unpaired) electrons. The Labute approximate surface area is 164 Å². The minimum Gasteiger partial charge on any atom is -0.395 e. The minimum atomic E-state index is 0.0180. The molecule has 0 spiro atoms. The Balaban J connectivity index is 1.86. The maximum atomic E-state index is 9.39. The first-order valence-electron chi connectivity index (χ1n) is 9.54. The monoisotopic (exact) mass is 376 g/mol. The molecule has 6 nitrogen and oxygen atoms in total. The fourth-order valence-corrected chi connectivity index (χ4v) is 3.73. The summed E-state index contributed by atoms with van der Waals surface area (Å²) in [7, 11) is 0. The quantitative estimate of drug-likeness (QED) is 0.722. The van der Waals surface area contributed by atoms with E-state index in [0.717, 1.165) is 40.6 Å². The van der Waals surface area contributed by atoms with Gasteiger partial charge in [-0.25, -0.2) is 4.99 Å². The molecule has 0 unspecified atom stereocenters. The summed E-state index contributed by atoms with van der Waals surface area (Å²) in [5.41, 5.74) is 6.33. The van der Waals surface area contributed by atoms with Gasteiger partial charge < -0.3 is 25.4 Å². The van der Waals surface area contributed by atoms with E-state index in [0.29, 0.717) is 25.2 Å². The van der Waals surface area contributed by atoms with E-state index in [1.807, 2.05) is 47.4 Å². The van der Waals surface area contributed by atoms with Gasteiger partial charge in [-0.2, -0.15) is 0 Å². The van der Waals surface area contributed by atoms with Crippen molar-refractivity contribution in [2.24, 2.45) is 4.99 Å². The maximum Gasteiger partial charge on any atom is 0.0875 e. The fourth-order valence-electron chi connectivity index (χ4n) is 3.73. The van der Waals surface area contributed by atoms with E-state index in [1.165, 1.54) is 0 Å². The van der Waals surface area contributed by atoms with Gasteiger partial charge in [0.05, 0.1) is 36.0 Å². The van der Waals surface area contributed by atoms with Crippen LogP contribution in [0.15, 0.2) is 65.3 Å². The Morgan fingerprint density at radius 1 is 1.00 bits per heavy atom. The molecule has 0 bridgehead atoms. The van der Waals surface area contributed by atoms with Crippen molar-refractivity contribution in [3.63, 3.8) is 0 Å². The summed E-state index contributed by atoms with van der Waals surface area (Å²) in [6.07, 6.45) is 3.37. The first-order valence-corrected chi connectivity index (χ1v) is 9.54. The number of benzene rings is 2. The molecule has 0 saturated carbocycles. The average Bonchev–Trinajstić information content (AvgIpc) is 2.72. The molecular formula is C22H24N4O2. The average molecular weight is 376 g/mol. The lowest BCUT2D eigenvalue weighted by atomic mass is 9.96. The molecule has 3 N–H and O–H groups in total. The van der Waals surface area contributed by atoms with Gasteiger partial charge >= 0.3 is 0 Å².